The molecule has 1 aliphatic heterocycles. The molecule has 3 heterocycles. The second-order valence-electron chi connectivity index (χ2n) is 6.45. The SMILES string of the molecule is CCc1nc2ccccn2c1C(=O)N1CCN(c2ccc(F)cc2)CC1. The predicted octanol–water partition coefficient (Wildman–Crippen LogP) is 3.00. The van der Waals surface area contributed by atoms with Crippen LogP contribution in [0.4, 0.5) is 10.1 Å². The van der Waals surface area contributed by atoms with Crippen LogP contribution in [-0.4, -0.2) is 46.4 Å². The van der Waals surface area contributed by atoms with Crippen molar-refractivity contribution in [3.63, 3.8) is 0 Å². The Kier molecular flexibility index (Phi) is 4.32. The predicted molar refractivity (Wildman–Crippen MR) is 99.1 cm³/mol. The van der Waals surface area contributed by atoms with Gasteiger partial charge in [-0.05, 0) is 42.8 Å². The van der Waals surface area contributed by atoms with Gasteiger partial charge in [0.2, 0.25) is 0 Å². The molecule has 1 amide bonds. The Balaban J connectivity index is 1.53. The lowest BCUT2D eigenvalue weighted by atomic mass is 10.2. The summed E-state index contributed by atoms with van der Waals surface area (Å²) in [4.78, 5) is 21.8. The van der Waals surface area contributed by atoms with E-state index in [1.165, 1.54) is 12.1 Å². The molecule has 1 aliphatic rings. The van der Waals surface area contributed by atoms with Crippen LogP contribution in [0, 0.1) is 5.82 Å². The molecule has 2 aromatic heterocycles. The van der Waals surface area contributed by atoms with E-state index in [2.05, 4.69) is 9.88 Å². The van der Waals surface area contributed by atoms with Crippen molar-refractivity contribution in [2.24, 2.45) is 0 Å². The first-order chi connectivity index (χ1) is 12.7. The van der Waals surface area contributed by atoms with Crippen molar-refractivity contribution in [1.29, 1.82) is 0 Å². The minimum absolute atomic E-state index is 0.0271. The number of rotatable bonds is 3. The Bertz CT molecular complexity index is 927. The molecular formula is C20H21FN4O. The number of fused-ring (bicyclic) bond motifs is 1. The second kappa shape index (κ2) is 6.78. The van der Waals surface area contributed by atoms with Gasteiger partial charge < -0.3 is 9.80 Å². The molecule has 0 aliphatic carbocycles. The molecule has 1 saturated heterocycles. The number of nitrogens with zero attached hydrogens (tertiary/aromatic N) is 4. The lowest BCUT2D eigenvalue weighted by Gasteiger charge is -2.36. The van der Waals surface area contributed by atoms with E-state index < -0.39 is 0 Å². The van der Waals surface area contributed by atoms with Crippen molar-refractivity contribution in [2.75, 3.05) is 31.1 Å². The number of imidazole rings is 1. The van der Waals surface area contributed by atoms with Crippen LogP contribution in [0.2, 0.25) is 0 Å². The normalized spacial score (nSPS) is 14.8. The van der Waals surface area contributed by atoms with Crippen LogP contribution in [0.5, 0.6) is 0 Å². The van der Waals surface area contributed by atoms with Crippen molar-refractivity contribution in [3.8, 4) is 0 Å². The lowest BCUT2D eigenvalue weighted by Crippen LogP contribution is -2.49. The third kappa shape index (κ3) is 2.92. The maximum absolute atomic E-state index is 13.1. The number of carbonyl (C=O) groups is 1. The number of hydrogen-bond acceptors (Lipinski definition) is 3. The number of piperazine rings is 1. The minimum Gasteiger partial charge on any atom is -0.368 e. The molecule has 3 aromatic rings. The van der Waals surface area contributed by atoms with Gasteiger partial charge in [-0.25, -0.2) is 9.37 Å². The van der Waals surface area contributed by atoms with Crippen LogP contribution in [0.25, 0.3) is 5.65 Å². The Labute approximate surface area is 151 Å². The Hall–Kier alpha value is -2.89. The van der Waals surface area contributed by atoms with Gasteiger partial charge in [0.15, 0.2) is 0 Å². The highest BCUT2D eigenvalue weighted by Gasteiger charge is 2.26. The summed E-state index contributed by atoms with van der Waals surface area (Å²) in [7, 11) is 0. The Morgan fingerprint density at radius 3 is 2.50 bits per heavy atom. The molecule has 0 unspecified atom stereocenters. The summed E-state index contributed by atoms with van der Waals surface area (Å²) in [6.45, 7) is 4.76. The van der Waals surface area contributed by atoms with Crippen LogP contribution in [-0.2, 0) is 6.42 Å². The molecule has 0 spiro atoms. The first-order valence-corrected chi connectivity index (χ1v) is 8.93. The van der Waals surface area contributed by atoms with E-state index in [9.17, 15) is 9.18 Å². The molecule has 0 radical (unpaired) electrons. The number of aromatic nitrogens is 2. The first-order valence-electron chi connectivity index (χ1n) is 8.93. The van der Waals surface area contributed by atoms with E-state index >= 15 is 0 Å². The molecule has 26 heavy (non-hydrogen) atoms. The summed E-state index contributed by atoms with van der Waals surface area (Å²) >= 11 is 0. The number of hydrogen-bond donors (Lipinski definition) is 0. The first kappa shape index (κ1) is 16.6. The van der Waals surface area contributed by atoms with E-state index in [0.29, 0.717) is 18.8 Å². The zero-order valence-corrected chi connectivity index (χ0v) is 14.7. The van der Waals surface area contributed by atoms with Gasteiger partial charge in [0, 0.05) is 38.1 Å². The molecule has 0 N–H and O–H groups in total. The van der Waals surface area contributed by atoms with Gasteiger partial charge in [-0.3, -0.25) is 9.20 Å². The highest BCUT2D eigenvalue weighted by molar-refractivity contribution is 5.95. The Morgan fingerprint density at radius 1 is 1.08 bits per heavy atom. The number of amides is 1. The summed E-state index contributed by atoms with van der Waals surface area (Å²) in [6.07, 6.45) is 2.61. The molecule has 1 fully saturated rings. The van der Waals surface area contributed by atoms with E-state index in [1.54, 1.807) is 12.1 Å². The lowest BCUT2D eigenvalue weighted by molar-refractivity contribution is 0.0738. The summed E-state index contributed by atoms with van der Waals surface area (Å²) in [5.74, 6) is -0.207. The van der Waals surface area contributed by atoms with Gasteiger partial charge in [0.05, 0.1) is 5.69 Å². The maximum Gasteiger partial charge on any atom is 0.272 e. The van der Waals surface area contributed by atoms with Crippen LogP contribution < -0.4 is 4.90 Å². The molecule has 0 saturated carbocycles. The monoisotopic (exact) mass is 352 g/mol. The summed E-state index contributed by atoms with van der Waals surface area (Å²) < 4.78 is 15.0. The summed E-state index contributed by atoms with van der Waals surface area (Å²) in [5, 5.41) is 0. The van der Waals surface area contributed by atoms with Gasteiger partial charge in [-0.2, -0.15) is 0 Å². The average molecular weight is 352 g/mol. The van der Waals surface area contributed by atoms with Gasteiger partial charge in [-0.1, -0.05) is 13.0 Å². The standard InChI is InChI=1S/C20H21FN4O/c1-2-17-19(25-10-4-3-5-18(25)22-17)20(26)24-13-11-23(12-14-24)16-8-6-15(21)7-9-16/h3-10H,2,11-14H2,1H3. The fourth-order valence-electron chi connectivity index (χ4n) is 3.49. The van der Waals surface area contributed by atoms with Crippen LogP contribution in [0.3, 0.4) is 0 Å². The number of carbonyl (C=O) groups excluding carboxylic acids is 1. The molecule has 0 bridgehead atoms. The van der Waals surface area contributed by atoms with E-state index in [4.69, 9.17) is 0 Å². The minimum atomic E-state index is -0.234. The van der Waals surface area contributed by atoms with Crippen LogP contribution in [0.15, 0.2) is 48.7 Å². The average Bonchev–Trinajstić information content (AvgIpc) is 3.07. The fourth-order valence-corrected chi connectivity index (χ4v) is 3.49. The summed E-state index contributed by atoms with van der Waals surface area (Å²) in [6, 6.07) is 12.3. The van der Waals surface area contributed by atoms with Crippen molar-refractivity contribution in [1.82, 2.24) is 14.3 Å². The highest BCUT2D eigenvalue weighted by Crippen LogP contribution is 2.20. The number of anilines is 1. The molecular weight excluding hydrogens is 331 g/mol. The topological polar surface area (TPSA) is 40.9 Å². The molecule has 4 rings (SSSR count). The maximum atomic E-state index is 13.1. The second-order valence-corrected chi connectivity index (χ2v) is 6.45. The zero-order chi connectivity index (χ0) is 18.1. The van der Waals surface area contributed by atoms with Gasteiger partial charge in [0.25, 0.3) is 5.91 Å². The van der Waals surface area contributed by atoms with Crippen molar-refractivity contribution < 1.29 is 9.18 Å². The van der Waals surface area contributed by atoms with Gasteiger partial charge in [0.1, 0.15) is 17.2 Å². The number of pyridine rings is 1. The van der Waals surface area contributed by atoms with Gasteiger partial charge in [-0.15, -0.1) is 0 Å². The fraction of sp³-hybridized carbons (Fsp3) is 0.300. The highest BCUT2D eigenvalue weighted by atomic mass is 19.1. The molecule has 5 nitrogen and oxygen atoms in total. The van der Waals surface area contributed by atoms with E-state index in [0.717, 1.165) is 36.5 Å². The van der Waals surface area contributed by atoms with Crippen LogP contribution >= 0.6 is 0 Å². The number of aryl methyl sites for hydroxylation is 1. The largest absolute Gasteiger partial charge is 0.368 e. The Morgan fingerprint density at radius 2 is 1.81 bits per heavy atom. The number of halogens is 1. The van der Waals surface area contributed by atoms with Gasteiger partial charge >= 0.3 is 0 Å². The molecule has 6 heteroatoms. The van der Waals surface area contributed by atoms with Crippen molar-refractivity contribution >= 4 is 17.2 Å². The molecule has 0 atom stereocenters. The molecule has 1 aromatic carbocycles. The zero-order valence-electron chi connectivity index (χ0n) is 14.7. The quantitative estimate of drug-likeness (QED) is 0.728. The third-order valence-electron chi connectivity index (χ3n) is 4.90. The van der Waals surface area contributed by atoms with E-state index in [1.807, 2.05) is 40.6 Å². The molecule has 134 valence electrons. The third-order valence-corrected chi connectivity index (χ3v) is 4.90. The smallest absolute Gasteiger partial charge is 0.272 e. The van der Waals surface area contributed by atoms with Crippen LogP contribution in [0.1, 0.15) is 23.1 Å². The number of benzene rings is 1. The van der Waals surface area contributed by atoms with Crippen molar-refractivity contribution in [3.05, 3.63) is 65.9 Å². The van der Waals surface area contributed by atoms with Crippen molar-refractivity contribution in [2.45, 2.75) is 13.3 Å². The van der Waals surface area contributed by atoms with E-state index in [-0.39, 0.29) is 11.7 Å². The summed E-state index contributed by atoms with van der Waals surface area (Å²) in [5.41, 5.74) is 3.29.